The number of rotatable bonds is 4. The molecule has 0 aromatic rings. The number of carboxylic acid groups (broad SMARTS) is 2. The molecular weight excluding hydrogens is 296 g/mol. The van der Waals surface area contributed by atoms with Gasteiger partial charge in [-0.2, -0.15) is 12.6 Å². The van der Waals surface area contributed by atoms with Crippen molar-refractivity contribution in [3.8, 4) is 0 Å². The summed E-state index contributed by atoms with van der Waals surface area (Å²) in [6, 6.07) is 0. The van der Waals surface area contributed by atoms with E-state index in [0.717, 1.165) is 39.2 Å². The molecule has 0 aromatic carbocycles. The van der Waals surface area contributed by atoms with Crippen molar-refractivity contribution in [2.24, 2.45) is 0 Å². The Morgan fingerprint density at radius 1 is 1.06 bits per heavy atom. The number of carbonyl (C=O) groups excluding carboxylic acids is 2. The summed E-state index contributed by atoms with van der Waals surface area (Å²) in [6.45, 7) is 9.71. The van der Waals surface area contributed by atoms with Crippen LogP contribution >= 0.6 is 12.6 Å². The molecule has 98 valence electrons. The SMILES string of the molecule is CC(=O)[O-].CC(=O)[O-].CCN(CC)CCS.[Zn+2]. The smallest absolute Gasteiger partial charge is 0.550 e. The molecule has 0 fully saturated rings. The Kier molecular flexibility index (Phi) is 32.0. The van der Waals surface area contributed by atoms with Crippen LogP contribution in [0, 0.1) is 0 Å². The van der Waals surface area contributed by atoms with E-state index >= 15 is 0 Å². The Morgan fingerprint density at radius 3 is 1.35 bits per heavy atom. The summed E-state index contributed by atoms with van der Waals surface area (Å²) in [6.07, 6.45) is 0. The zero-order valence-electron chi connectivity index (χ0n) is 11.1. The van der Waals surface area contributed by atoms with Gasteiger partial charge in [-0.25, -0.2) is 0 Å². The summed E-state index contributed by atoms with van der Waals surface area (Å²) < 4.78 is 0. The Bertz CT molecular complexity index is 158. The topological polar surface area (TPSA) is 83.5 Å². The molecule has 0 unspecified atom stereocenters. The number of hydrogen-bond donors (Lipinski definition) is 1. The van der Waals surface area contributed by atoms with Crippen LogP contribution in [-0.4, -0.2) is 42.2 Å². The van der Waals surface area contributed by atoms with Crippen LogP contribution in [0.1, 0.15) is 27.7 Å². The van der Waals surface area contributed by atoms with E-state index in [1.165, 1.54) is 0 Å². The molecule has 0 radical (unpaired) electrons. The fraction of sp³-hybridized carbons (Fsp3) is 0.800. The molecule has 0 bridgehead atoms. The van der Waals surface area contributed by atoms with Crippen molar-refractivity contribution in [1.82, 2.24) is 4.90 Å². The molecule has 0 N–H and O–H groups in total. The predicted molar refractivity (Wildman–Crippen MR) is 63.0 cm³/mol. The third-order valence-corrected chi connectivity index (χ3v) is 1.51. The van der Waals surface area contributed by atoms with Gasteiger partial charge in [-0.3, -0.25) is 0 Å². The molecule has 0 aliphatic carbocycles. The van der Waals surface area contributed by atoms with Crippen LogP contribution in [0.3, 0.4) is 0 Å². The van der Waals surface area contributed by atoms with Crippen molar-refractivity contribution < 1.29 is 39.3 Å². The minimum Gasteiger partial charge on any atom is -0.550 e. The third kappa shape index (κ3) is 64.7. The van der Waals surface area contributed by atoms with Gasteiger partial charge in [-0.05, 0) is 26.9 Å². The number of carbonyl (C=O) groups is 2. The second kappa shape index (κ2) is 21.2. The summed E-state index contributed by atoms with van der Waals surface area (Å²) in [5.41, 5.74) is 0. The number of aliphatic carboxylic acids is 2. The summed E-state index contributed by atoms with van der Waals surface area (Å²) in [7, 11) is 0. The van der Waals surface area contributed by atoms with Crippen LogP contribution in [-0.2, 0) is 29.1 Å². The van der Waals surface area contributed by atoms with Crippen molar-refractivity contribution in [2.75, 3.05) is 25.4 Å². The summed E-state index contributed by atoms with van der Waals surface area (Å²) >= 11 is 4.13. The maximum absolute atomic E-state index is 8.89. The first-order valence-electron chi connectivity index (χ1n) is 5.00. The number of nitrogens with zero attached hydrogens (tertiary/aromatic N) is 1. The Labute approximate surface area is 122 Å². The van der Waals surface area contributed by atoms with Crippen molar-refractivity contribution in [1.29, 1.82) is 0 Å². The molecule has 0 spiro atoms. The summed E-state index contributed by atoms with van der Waals surface area (Å²) in [4.78, 5) is 20.1. The monoisotopic (exact) mass is 315 g/mol. The van der Waals surface area contributed by atoms with Gasteiger partial charge >= 0.3 is 19.5 Å². The first-order valence-corrected chi connectivity index (χ1v) is 5.63. The number of carboxylic acids is 2. The van der Waals surface area contributed by atoms with Gasteiger partial charge < -0.3 is 24.7 Å². The normalized spacial score (nSPS) is 7.88. The molecular formula is C10H21NO4SZn. The number of thiol groups is 1. The van der Waals surface area contributed by atoms with E-state index in [1.54, 1.807) is 0 Å². The molecule has 7 heteroatoms. The third-order valence-electron chi connectivity index (χ3n) is 1.31. The summed E-state index contributed by atoms with van der Waals surface area (Å²) in [5, 5.41) is 17.8. The fourth-order valence-electron chi connectivity index (χ4n) is 0.681. The van der Waals surface area contributed by atoms with E-state index in [-0.39, 0.29) is 19.5 Å². The molecule has 0 aromatic heterocycles. The van der Waals surface area contributed by atoms with Crippen LogP contribution in [0.25, 0.3) is 0 Å². The zero-order chi connectivity index (χ0) is 13.6. The van der Waals surface area contributed by atoms with Crippen LogP contribution < -0.4 is 10.2 Å². The average molecular weight is 317 g/mol. The van der Waals surface area contributed by atoms with E-state index < -0.39 is 11.9 Å². The van der Waals surface area contributed by atoms with Crippen molar-refractivity contribution in [3.63, 3.8) is 0 Å². The molecule has 0 saturated carbocycles. The quantitative estimate of drug-likeness (QED) is 0.518. The van der Waals surface area contributed by atoms with Gasteiger partial charge in [0.2, 0.25) is 0 Å². The molecule has 0 heterocycles. The first-order chi connectivity index (χ1) is 7.31. The Hall–Kier alpha value is -0.127. The van der Waals surface area contributed by atoms with Crippen molar-refractivity contribution in [3.05, 3.63) is 0 Å². The minimum absolute atomic E-state index is 0. The first kappa shape index (κ1) is 25.7. The minimum atomic E-state index is -1.08. The van der Waals surface area contributed by atoms with Gasteiger partial charge in [-0.15, -0.1) is 0 Å². The van der Waals surface area contributed by atoms with Crippen LogP contribution in [0.5, 0.6) is 0 Å². The van der Waals surface area contributed by atoms with Gasteiger partial charge in [0.1, 0.15) is 0 Å². The second-order valence-corrected chi connectivity index (χ2v) is 3.18. The van der Waals surface area contributed by atoms with Gasteiger partial charge in [-0.1, -0.05) is 13.8 Å². The number of hydrogen-bond acceptors (Lipinski definition) is 6. The van der Waals surface area contributed by atoms with Crippen LogP contribution in [0.2, 0.25) is 0 Å². The maximum atomic E-state index is 8.89. The van der Waals surface area contributed by atoms with E-state index in [4.69, 9.17) is 19.8 Å². The van der Waals surface area contributed by atoms with E-state index in [1.807, 2.05) is 0 Å². The van der Waals surface area contributed by atoms with E-state index in [2.05, 4.69) is 31.4 Å². The average Bonchev–Trinajstić information content (AvgIpc) is 2.12. The van der Waals surface area contributed by atoms with Crippen LogP contribution in [0.15, 0.2) is 0 Å². The maximum Gasteiger partial charge on any atom is 2.00 e. The molecule has 0 atom stereocenters. The Morgan fingerprint density at radius 2 is 1.29 bits per heavy atom. The zero-order valence-corrected chi connectivity index (χ0v) is 14.9. The van der Waals surface area contributed by atoms with Crippen LogP contribution in [0.4, 0.5) is 0 Å². The van der Waals surface area contributed by atoms with Gasteiger partial charge in [0.15, 0.2) is 0 Å². The van der Waals surface area contributed by atoms with Gasteiger partial charge in [0.05, 0.1) is 0 Å². The second-order valence-electron chi connectivity index (χ2n) is 2.73. The fourth-order valence-corrected chi connectivity index (χ4v) is 0.964. The summed E-state index contributed by atoms with van der Waals surface area (Å²) in [5.74, 6) is -1.19. The molecule has 0 aliphatic heterocycles. The van der Waals surface area contributed by atoms with Gasteiger partial charge in [0.25, 0.3) is 0 Å². The van der Waals surface area contributed by atoms with E-state index in [0.29, 0.717) is 0 Å². The molecule has 5 nitrogen and oxygen atoms in total. The largest absolute Gasteiger partial charge is 2.00 e. The molecule has 0 amide bonds. The predicted octanol–water partition coefficient (Wildman–Crippen LogP) is -1.23. The molecule has 0 saturated heterocycles. The standard InChI is InChI=1S/C6H15NS.2C2H4O2.Zn/c1-3-7(4-2)5-6-8;2*1-2(3)4;/h8H,3-6H2,1-2H3;2*1H3,(H,3,4);/q;;;+2/p-2. The molecule has 17 heavy (non-hydrogen) atoms. The Balaban J connectivity index is -0.0000000806. The van der Waals surface area contributed by atoms with Gasteiger partial charge in [0, 0.05) is 24.2 Å². The molecule has 0 aliphatic rings. The van der Waals surface area contributed by atoms with E-state index in [9.17, 15) is 0 Å². The van der Waals surface area contributed by atoms with Crippen molar-refractivity contribution in [2.45, 2.75) is 27.7 Å². The van der Waals surface area contributed by atoms with Crippen molar-refractivity contribution >= 4 is 24.6 Å². The molecule has 0 rings (SSSR count).